The molecule has 79 heavy (non-hydrogen) atoms. The summed E-state index contributed by atoms with van der Waals surface area (Å²) in [6.07, 6.45) is 6.77. The molecule has 12 rings (SSSR count). The van der Waals surface area contributed by atoms with E-state index >= 15 is 0 Å². The van der Waals surface area contributed by atoms with Crippen LogP contribution in [0, 0.1) is 0 Å². The fourth-order valence-electron chi connectivity index (χ4n) is 7.38. The van der Waals surface area contributed by atoms with Crippen LogP contribution in [0.2, 0.25) is 41.2 Å². The third kappa shape index (κ3) is 18.3. The van der Waals surface area contributed by atoms with Crippen molar-refractivity contribution in [1.29, 1.82) is 0 Å². The van der Waals surface area contributed by atoms with Crippen molar-refractivity contribution in [3.63, 3.8) is 0 Å². The maximum absolute atomic E-state index is 6.16. The maximum atomic E-state index is 6.16. The van der Waals surface area contributed by atoms with Crippen LogP contribution in [-0.4, -0.2) is 53.5 Å². The second kappa shape index (κ2) is 32.7. The zero-order valence-corrected chi connectivity index (χ0v) is 55.2. The van der Waals surface area contributed by atoms with Gasteiger partial charge in [-0.2, -0.15) is 0 Å². The number of aromatic amines is 1. The van der Waals surface area contributed by atoms with Gasteiger partial charge in [0.15, 0.2) is 10.3 Å². The number of aryl methyl sites for hydroxylation is 2. The van der Waals surface area contributed by atoms with Gasteiger partial charge in [0.25, 0.3) is 20.6 Å². The molecular formula is C55H46Cl9I3N12. The quantitative estimate of drug-likeness (QED) is 0.0966. The molecule has 0 amide bonds. The van der Waals surface area contributed by atoms with Crippen molar-refractivity contribution in [2.24, 2.45) is 14.1 Å². The van der Waals surface area contributed by atoms with Crippen molar-refractivity contribution >= 4 is 171 Å². The number of H-pyrrole nitrogens is 1. The molecule has 0 spiro atoms. The van der Waals surface area contributed by atoms with Crippen LogP contribution in [0.25, 0.3) is 43.6 Å². The van der Waals surface area contributed by atoms with E-state index in [1.165, 1.54) is 6.33 Å². The smallest absolute Gasteiger partial charge is 0.255 e. The molecule has 0 fully saturated rings. The summed E-state index contributed by atoms with van der Waals surface area (Å²) in [5.41, 5.74) is 7.70. The van der Waals surface area contributed by atoms with E-state index in [-0.39, 0.29) is 48.0 Å². The lowest BCUT2D eigenvalue weighted by atomic mass is 10.2. The number of benzene rings is 4. The summed E-state index contributed by atoms with van der Waals surface area (Å²) in [4.78, 5) is 30.3. The van der Waals surface area contributed by atoms with Crippen LogP contribution in [0.15, 0.2) is 171 Å². The number of imidazole rings is 4. The van der Waals surface area contributed by atoms with Gasteiger partial charge in [-0.25, -0.2) is 38.2 Å². The second-order valence-corrected chi connectivity index (χ2v) is 19.6. The van der Waals surface area contributed by atoms with E-state index in [0.29, 0.717) is 66.7 Å². The minimum absolute atomic E-state index is 0. The molecule has 0 aliphatic heterocycles. The number of rotatable bonds is 7. The van der Waals surface area contributed by atoms with E-state index in [1.54, 1.807) is 20.0 Å². The van der Waals surface area contributed by atoms with E-state index in [2.05, 4.69) is 69.6 Å². The van der Waals surface area contributed by atoms with E-state index in [4.69, 9.17) is 104 Å². The van der Waals surface area contributed by atoms with Gasteiger partial charge in [0, 0.05) is 21.5 Å². The number of nitrogens with zero attached hydrogens (tertiary/aromatic N) is 11. The van der Waals surface area contributed by atoms with Crippen LogP contribution < -0.4 is 57.1 Å². The van der Waals surface area contributed by atoms with Gasteiger partial charge in [0.05, 0.1) is 84.0 Å². The van der Waals surface area contributed by atoms with Crippen molar-refractivity contribution in [2.45, 2.75) is 25.5 Å². The normalized spacial score (nSPS) is 10.3. The molecule has 0 saturated carbocycles. The van der Waals surface area contributed by atoms with E-state index in [9.17, 15) is 0 Å². The van der Waals surface area contributed by atoms with Crippen LogP contribution >= 0.6 is 127 Å². The van der Waals surface area contributed by atoms with Gasteiger partial charge in [0.2, 0.25) is 12.7 Å². The Bertz CT molecular complexity index is 3740. The van der Waals surface area contributed by atoms with Gasteiger partial charge >= 0.3 is 0 Å². The van der Waals surface area contributed by atoms with Gasteiger partial charge in [-0.3, -0.25) is 9.97 Å². The topological polar surface area (TPSA) is 116 Å². The van der Waals surface area contributed by atoms with Gasteiger partial charge < -0.3 is 57.5 Å². The zero-order valence-electron chi connectivity index (χ0n) is 41.9. The number of fused-ring (bicyclic) bond motifs is 4. The largest absolute Gasteiger partial charge is 1.00 e. The second-order valence-electron chi connectivity index (χ2n) is 16.4. The molecule has 4 aromatic carbocycles. The molecule has 24 heteroatoms. The number of para-hydroxylation sites is 4. The molecule has 8 aromatic heterocycles. The molecule has 12 nitrogen and oxygen atoms in total. The van der Waals surface area contributed by atoms with E-state index in [0.717, 1.165) is 66.4 Å². The molecule has 1 N–H and O–H groups in total. The average Bonchev–Trinajstić information content (AvgIpc) is 4.16. The predicted molar refractivity (Wildman–Crippen MR) is 326 cm³/mol. The van der Waals surface area contributed by atoms with Crippen molar-refractivity contribution in [3.8, 4) is 0 Å². The molecule has 0 aliphatic rings. The highest BCUT2D eigenvalue weighted by Crippen LogP contribution is 2.24. The highest BCUT2D eigenvalue weighted by atomic mass is 127. The van der Waals surface area contributed by atoms with Crippen LogP contribution in [-0.2, 0) is 39.6 Å². The van der Waals surface area contributed by atoms with E-state index < -0.39 is 0 Å². The summed E-state index contributed by atoms with van der Waals surface area (Å²) in [5.74, 6) is 0.477. The van der Waals surface area contributed by atoms with Gasteiger partial charge in [-0.15, -0.1) is 11.6 Å². The first-order chi connectivity index (χ1) is 37.2. The monoisotopic (exact) mass is 1570 g/mol. The molecule has 0 aliphatic carbocycles. The number of halogens is 12. The third-order valence-corrected chi connectivity index (χ3v) is 14.7. The van der Waals surface area contributed by atoms with Crippen molar-refractivity contribution in [1.82, 2.24) is 48.6 Å². The first-order valence-electron chi connectivity index (χ1n) is 23.1. The first kappa shape index (κ1) is 66.0. The summed E-state index contributed by atoms with van der Waals surface area (Å²) in [7, 11) is 3.72. The number of hydrogen-bond acceptors (Lipinski definition) is 6. The fourth-order valence-corrected chi connectivity index (χ4v) is 8.81. The Labute approximate surface area is 549 Å². The number of aromatic nitrogens is 12. The molecular weight excluding hydrogens is 1530 g/mol. The molecule has 0 unspecified atom stereocenters. The Morgan fingerprint density at radius 1 is 0.430 bits per heavy atom. The van der Waals surface area contributed by atoms with Crippen molar-refractivity contribution in [2.75, 3.05) is 4.93 Å². The summed E-state index contributed by atoms with van der Waals surface area (Å²) >= 11 is 54.8. The molecule has 0 saturated heterocycles. The van der Waals surface area contributed by atoms with Crippen molar-refractivity contribution < 1.29 is 57.1 Å². The Kier molecular flexibility index (Phi) is 27.3. The van der Waals surface area contributed by atoms with Crippen LogP contribution in [0.1, 0.15) is 22.8 Å². The molecule has 0 radical (unpaired) electrons. The lowest BCUT2D eigenvalue weighted by Crippen LogP contribution is -3.00. The minimum Gasteiger partial charge on any atom is -1.00 e. The van der Waals surface area contributed by atoms with Gasteiger partial charge in [-0.05, 0) is 99.9 Å². The highest BCUT2D eigenvalue weighted by molar-refractivity contribution is 14.1. The minimum atomic E-state index is 0. The Hall–Kier alpha value is -3.84. The Morgan fingerprint density at radius 2 is 0.772 bits per heavy atom. The molecule has 0 bridgehead atoms. The summed E-state index contributed by atoms with van der Waals surface area (Å²) in [6, 6.07) is 48.3. The Balaban J connectivity index is 0.000000184. The molecule has 410 valence electrons. The highest BCUT2D eigenvalue weighted by Gasteiger charge is 2.19. The van der Waals surface area contributed by atoms with Crippen molar-refractivity contribution in [3.05, 3.63) is 235 Å². The number of alkyl halides is 2. The standard InChI is InChI=1S/2C14H12Cl2N3.C13H9Cl2N3.C10H8ClN.C3H2Cl2N2.CH3I.2HI/c2*1-18-9-19(14(16)13(18)15)8-11-7-6-10-4-2-3-5-12(10)17-11;14-12-13(15)18(8-16-12)7-10-6-5-9-3-1-2-4-11(9)17-10;11-7-9-6-5-8-3-1-2-4-10(8)12-9;4-2-3(5)7-1-6-2;1-2;;/h2*2-7,9H,8H2,1H3;1-6,8H,7H2;1-6H,7H2;1H,(H,6,7);1H3;2*1H/q2*+1;;;;;;/p-2. The van der Waals surface area contributed by atoms with Crippen LogP contribution in [0.3, 0.4) is 0 Å². The summed E-state index contributed by atoms with van der Waals surface area (Å²) < 4.78 is 9.08. The lowest BCUT2D eigenvalue weighted by molar-refractivity contribution is -0.668. The number of pyridine rings is 4. The number of nitrogens with one attached hydrogen (secondary N) is 1. The van der Waals surface area contributed by atoms with Gasteiger partial charge in [0.1, 0.15) is 23.4 Å². The Morgan fingerprint density at radius 3 is 1.05 bits per heavy atom. The molecule has 8 heterocycles. The first-order valence-corrected chi connectivity index (χ1v) is 28.8. The zero-order chi connectivity index (χ0) is 55.0. The maximum Gasteiger partial charge on any atom is 0.255 e. The average molecular weight is 1570 g/mol. The van der Waals surface area contributed by atoms with Crippen LogP contribution in [0.4, 0.5) is 0 Å². The number of hydrogen-bond donors (Lipinski definition) is 1. The van der Waals surface area contributed by atoms with Crippen LogP contribution in [0.5, 0.6) is 0 Å². The van der Waals surface area contributed by atoms with Gasteiger partial charge in [-0.1, -0.05) is 166 Å². The summed E-state index contributed by atoms with van der Waals surface area (Å²) in [6.45, 7) is 1.76. The SMILES string of the molecule is CI.C[n+]1cn(Cc2ccc3ccccc3n2)c(Cl)c1Cl.C[n+]1cn(Cc2ccc3ccccc3n2)c(Cl)c1Cl.ClCc1ccc2ccccc2n1.Clc1nc[nH]c1Cl.Clc1ncn(Cc2ccc3ccccc3n2)c1Cl.[I-].[I-]. The van der Waals surface area contributed by atoms with E-state index in [1.807, 2.05) is 174 Å². The lowest BCUT2D eigenvalue weighted by Gasteiger charge is -2.05. The summed E-state index contributed by atoms with van der Waals surface area (Å²) in [5, 5.41) is 8.12. The molecule has 0 atom stereocenters. The predicted octanol–water partition coefficient (Wildman–Crippen LogP) is 9.97. The fraction of sp³-hybridized carbons (Fsp3) is 0.127. The molecule has 12 aromatic rings. The third-order valence-electron chi connectivity index (χ3n) is 11.1.